The Morgan fingerprint density at radius 2 is 1.82 bits per heavy atom. The van der Waals surface area contributed by atoms with Crippen molar-refractivity contribution in [2.45, 2.75) is 49.9 Å². The number of rotatable bonds is 9. The summed E-state index contributed by atoms with van der Waals surface area (Å²) in [5.74, 6) is 0. The number of alkyl halides is 1. The maximum atomic E-state index is 6.76. The van der Waals surface area contributed by atoms with Crippen LogP contribution in [-0.2, 0) is 20.8 Å². The Balaban J connectivity index is 1.37. The fourth-order valence-corrected chi connectivity index (χ4v) is 4.69. The molecule has 0 N–H and O–H groups in total. The van der Waals surface area contributed by atoms with Gasteiger partial charge in [-0.2, -0.15) is 0 Å². The van der Waals surface area contributed by atoms with Crippen molar-refractivity contribution in [3.8, 4) is 0 Å². The first-order valence-electron chi connectivity index (χ1n) is 10.7. The molecule has 4 atom stereocenters. The van der Waals surface area contributed by atoms with Crippen LogP contribution in [0.25, 0.3) is 0 Å². The third-order valence-electron chi connectivity index (χ3n) is 5.51. The Bertz CT molecular complexity index is 997. The van der Waals surface area contributed by atoms with Crippen molar-refractivity contribution in [3.05, 3.63) is 87.4 Å². The summed E-state index contributed by atoms with van der Waals surface area (Å²) in [5.41, 5.74) is 1.20. The number of hydrogen-bond acceptors (Lipinski definition) is 4. The Morgan fingerprint density at radius 1 is 1.06 bits per heavy atom. The van der Waals surface area contributed by atoms with Crippen molar-refractivity contribution in [2.75, 3.05) is 6.61 Å². The average molecular weight is 530 g/mol. The molecule has 1 aromatic heterocycles. The van der Waals surface area contributed by atoms with E-state index in [-0.39, 0.29) is 19.0 Å². The van der Waals surface area contributed by atoms with Crippen molar-refractivity contribution in [2.24, 2.45) is 0 Å². The maximum Gasteiger partial charge on any atom is 0.158 e. The van der Waals surface area contributed by atoms with Crippen LogP contribution < -0.4 is 0 Å². The van der Waals surface area contributed by atoms with E-state index >= 15 is 0 Å². The number of hydrogen-bond donors (Lipinski definition) is 0. The van der Waals surface area contributed by atoms with E-state index in [1.54, 1.807) is 24.7 Å². The van der Waals surface area contributed by atoms with Crippen molar-refractivity contribution in [1.82, 2.24) is 9.55 Å². The largest absolute Gasteiger partial charge is 0.367 e. The summed E-state index contributed by atoms with van der Waals surface area (Å²) in [4.78, 5) is 4.09. The summed E-state index contributed by atoms with van der Waals surface area (Å²) >= 11 is 25.3. The van der Waals surface area contributed by atoms with Crippen LogP contribution in [0, 0.1) is 0 Å². The lowest BCUT2D eigenvalue weighted by Gasteiger charge is -2.32. The Kier molecular flexibility index (Phi) is 8.94. The Labute approximate surface area is 213 Å². The average Bonchev–Trinajstić information content (AvgIpc) is 3.35. The van der Waals surface area contributed by atoms with Gasteiger partial charge in [0.15, 0.2) is 6.29 Å². The van der Waals surface area contributed by atoms with Gasteiger partial charge in [0, 0.05) is 33.0 Å². The quantitative estimate of drug-likeness (QED) is 0.270. The second-order valence-electron chi connectivity index (χ2n) is 7.82. The molecule has 4 rings (SSSR count). The molecule has 2 aromatic carbocycles. The fraction of sp³-hybridized carbons (Fsp3) is 0.375. The normalized spacial score (nSPS) is 20.5. The van der Waals surface area contributed by atoms with Crippen LogP contribution in [0.5, 0.6) is 0 Å². The molecule has 4 unspecified atom stereocenters. The SMILES string of the molecule is Clc1ccc(C(OCC2CCCC(OCc3c(Cl)cccc3Cl)O2)C(Cl)n2ccnc2)cc1. The summed E-state index contributed by atoms with van der Waals surface area (Å²) in [6.45, 7) is 0.659. The summed E-state index contributed by atoms with van der Waals surface area (Å²) in [5, 5.41) is 1.81. The van der Waals surface area contributed by atoms with E-state index < -0.39 is 11.6 Å². The Morgan fingerprint density at radius 3 is 2.52 bits per heavy atom. The van der Waals surface area contributed by atoms with Crippen LogP contribution in [0.3, 0.4) is 0 Å². The van der Waals surface area contributed by atoms with Crippen molar-refractivity contribution < 1.29 is 14.2 Å². The number of aromatic nitrogens is 2. The molecule has 0 radical (unpaired) electrons. The summed E-state index contributed by atoms with van der Waals surface area (Å²) < 4.78 is 20.2. The van der Waals surface area contributed by atoms with Gasteiger partial charge in [-0.1, -0.05) is 64.6 Å². The molecule has 33 heavy (non-hydrogen) atoms. The monoisotopic (exact) mass is 528 g/mol. The van der Waals surface area contributed by atoms with Gasteiger partial charge in [-0.05, 0) is 49.1 Å². The minimum atomic E-state index is -0.480. The highest BCUT2D eigenvalue weighted by Gasteiger charge is 2.28. The van der Waals surface area contributed by atoms with Gasteiger partial charge >= 0.3 is 0 Å². The molecular formula is C24H24Cl4N2O3. The third kappa shape index (κ3) is 6.64. The summed E-state index contributed by atoms with van der Waals surface area (Å²) in [6, 6.07) is 12.9. The topological polar surface area (TPSA) is 45.5 Å². The van der Waals surface area contributed by atoms with Gasteiger partial charge in [0.05, 0.1) is 25.6 Å². The van der Waals surface area contributed by atoms with Crippen molar-refractivity contribution in [3.63, 3.8) is 0 Å². The second-order valence-corrected chi connectivity index (χ2v) is 9.52. The molecule has 1 fully saturated rings. The smallest absolute Gasteiger partial charge is 0.158 e. The van der Waals surface area contributed by atoms with Crippen LogP contribution in [-0.4, -0.2) is 28.6 Å². The van der Waals surface area contributed by atoms with Gasteiger partial charge in [-0.15, -0.1) is 0 Å². The predicted molar refractivity (Wildman–Crippen MR) is 131 cm³/mol. The summed E-state index contributed by atoms with van der Waals surface area (Å²) in [7, 11) is 0. The van der Waals surface area contributed by atoms with Crippen LogP contribution in [0.4, 0.5) is 0 Å². The Hall–Kier alpha value is -1.31. The van der Waals surface area contributed by atoms with E-state index in [4.69, 9.17) is 60.6 Å². The minimum Gasteiger partial charge on any atom is -0.367 e. The molecule has 3 aromatic rings. The van der Waals surface area contributed by atoms with Gasteiger partial charge < -0.3 is 18.8 Å². The van der Waals surface area contributed by atoms with E-state index in [0.29, 0.717) is 21.7 Å². The molecule has 176 valence electrons. The molecule has 0 amide bonds. The highest BCUT2D eigenvalue weighted by Crippen LogP contribution is 2.35. The lowest BCUT2D eigenvalue weighted by atomic mass is 10.1. The molecule has 0 aliphatic carbocycles. The maximum absolute atomic E-state index is 6.76. The van der Waals surface area contributed by atoms with Crippen molar-refractivity contribution in [1.29, 1.82) is 0 Å². The highest BCUT2D eigenvalue weighted by atomic mass is 35.5. The van der Waals surface area contributed by atoms with Crippen LogP contribution >= 0.6 is 46.4 Å². The standard InChI is InChI=1S/C24H24Cl4N2O3/c25-17-9-7-16(8-10-17)23(24(28)30-12-11-29-15-30)32-13-18-3-1-6-22(33-18)31-14-19-20(26)4-2-5-21(19)27/h2,4-5,7-12,15,18,22-24H,1,3,6,13-14H2. The first-order valence-corrected chi connectivity index (χ1v) is 12.3. The number of nitrogens with zero attached hydrogens (tertiary/aromatic N) is 2. The van der Waals surface area contributed by atoms with Gasteiger partial charge in [0.1, 0.15) is 11.6 Å². The predicted octanol–water partition coefficient (Wildman–Crippen LogP) is 7.45. The van der Waals surface area contributed by atoms with E-state index in [9.17, 15) is 0 Å². The molecule has 0 bridgehead atoms. The molecule has 1 saturated heterocycles. The highest BCUT2D eigenvalue weighted by molar-refractivity contribution is 6.35. The van der Waals surface area contributed by atoms with Crippen LogP contribution in [0.1, 0.15) is 42.0 Å². The van der Waals surface area contributed by atoms with Gasteiger partial charge in [0.25, 0.3) is 0 Å². The third-order valence-corrected chi connectivity index (χ3v) is 6.92. The van der Waals surface area contributed by atoms with Gasteiger partial charge in [0.2, 0.25) is 0 Å². The lowest BCUT2D eigenvalue weighted by molar-refractivity contribution is -0.213. The fourth-order valence-electron chi connectivity index (χ4n) is 3.72. The molecule has 0 spiro atoms. The first-order chi connectivity index (χ1) is 16.0. The lowest BCUT2D eigenvalue weighted by Crippen LogP contribution is -2.33. The van der Waals surface area contributed by atoms with Crippen LogP contribution in [0.15, 0.2) is 61.2 Å². The molecule has 5 nitrogen and oxygen atoms in total. The second kappa shape index (κ2) is 11.9. The minimum absolute atomic E-state index is 0.119. The number of benzene rings is 2. The zero-order valence-electron chi connectivity index (χ0n) is 17.7. The molecule has 0 saturated carbocycles. The number of halogens is 4. The zero-order chi connectivity index (χ0) is 23.2. The first kappa shape index (κ1) is 24.8. The van der Waals surface area contributed by atoms with E-state index in [1.165, 1.54) is 0 Å². The van der Waals surface area contributed by atoms with Gasteiger partial charge in [-0.3, -0.25) is 0 Å². The number of imidazole rings is 1. The molecule has 2 heterocycles. The molecular weight excluding hydrogens is 506 g/mol. The zero-order valence-corrected chi connectivity index (χ0v) is 20.8. The van der Waals surface area contributed by atoms with E-state index in [2.05, 4.69) is 4.98 Å². The van der Waals surface area contributed by atoms with Gasteiger partial charge in [-0.25, -0.2) is 4.98 Å². The molecule has 9 heteroatoms. The van der Waals surface area contributed by atoms with Crippen LogP contribution in [0.2, 0.25) is 15.1 Å². The molecule has 1 aliphatic rings. The van der Waals surface area contributed by atoms with Crippen molar-refractivity contribution >= 4 is 46.4 Å². The van der Waals surface area contributed by atoms with E-state index in [0.717, 1.165) is 30.4 Å². The molecule has 1 aliphatic heterocycles. The number of ether oxygens (including phenoxy) is 3. The van der Waals surface area contributed by atoms with E-state index in [1.807, 2.05) is 41.1 Å². The summed E-state index contributed by atoms with van der Waals surface area (Å²) in [6.07, 6.45) is 6.92.